The van der Waals surface area contributed by atoms with Gasteiger partial charge in [0.05, 0.1) is 16.7 Å². The smallest absolute Gasteiger partial charge is 0.271 e. The van der Waals surface area contributed by atoms with Crippen LogP contribution in [0.5, 0.6) is 0 Å². The van der Waals surface area contributed by atoms with E-state index >= 15 is 0 Å². The molecule has 0 fully saturated rings. The number of non-ortho nitro benzene ring substituents is 1. The zero-order valence-electron chi connectivity index (χ0n) is 11.3. The molecule has 1 amide bonds. The fourth-order valence-corrected chi connectivity index (χ4v) is 1.70. The summed E-state index contributed by atoms with van der Waals surface area (Å²) in [6.45, 7) is 5.73. The van der Waals surface area contributed by atoms with Crippen molar-refractivity contribution in [2.75, 3.05) is 5.32 Å². The van der Waals surface area contributed by atoms with E-state index in [1.165, 1.54) is 12.1 Å². The largest absolute Gasteiger partial charge is 0.324 e. The van der Waals surface area contributed by atoms with E-state index < -0.39 is 11.0 Å². The first-order chi connectivity index (χ1) is 8.81. The maximum absolute atomic E-state index is 11.9. The lowest BCUT2D eigenvalue weighted by Crippen LogP contribution is -2.36. The maximum atomic E-state index is 11.9. The Kier molecular flexibility index (Phi) is 5.00. The number of benzene rings is 1. The molecule has 0 aliphatic rings. The predicted molar refractivity (Wildman–Crippen MR) is 73.9 cm³/mol. The van der Waals surface area contributed by atoms with E-state index in [0.29, 0.717) is 18.0 Å². The van der Waals surface area contributed by atoms with Gasteiger partial charge >= 0.3 is 0 Å². The topological polar surface area (TPSA) is 98.3 Å². The lowest BCUT2D eigenvalue weighted by Gasteiger charge is -2.15. The van der Waals surface area contributed by atoms with Gasteiger partial charge in [-0.1, -0.05) is 19.9 Å². The van der Waals surface area contributed by atoms with Crippen molar-refractivity contribution in [3.8, 4) is 0 Å². The highest BCUT2D eigenvalue weighted by Gasteiger charge is 2.17. The van der Waals surface area contributed by atoms with E-state index in [-0.39, 0.29) is 11.6 Å². The maximum Gasteiger partial charge on any atom is 0.271 e. The highest BCUT2D eigenvalue weighted by atomic mass is 16.6. The Bertz CT molecular complexity index is 486. The summed E-state index contributed by atoms with van der Waals surface area (Å²) in [5.41, 5.74) is 6.90. The highest BCUT2D eigenvalue weighted by Crippen LogP contribution is 2.22. The molecule has 6 heteroatoms. The lowest BCUT2D eigenvalue weighted by molar-refractivity contribution is -0.384. The molecule has 0 unspecified atom stereocenters. The molecule has 0 heterocycles. The van der Waals surface area contributed by atoms with Gasteiger partial charge in [-0.25, -0.2) is 0 Å². The molecule has 0 aromatic heterocycles. The van der Waals surface area contributed by atoms with Crippen molar-refractivity contribution in [2.24, 2.45) is 11.7 Å². The quantitative estimate of drug-likeness (QED) is 0.630. The number of nitrogens with two attached hydrogens (primary N) is 1. The molecule has 6 nitrogen and oxygen atoms in total. The van der Waals surface area contributed by atoms with Gasteiger partial charge in [-0.15, -0.1) is 0 Å². The number of amides is 1. The number of carbonyl (C=O) groups is 1. The summed E-state index contributed by atoms with van der Waals surface area (Å²) < 4.78 is 0. The molecule has 0 aliphatic carbocycles. The van der Waals surface area contributed by atoms with Crippen LogP contribution in [-0.2, 0) is 4.79 Å². The first-order valence-electron chi connectivity index (χ1n) is 6.12. The van der Waals surface area contributed by atoms with E-state index in [2.05, 4.69) is 5.32 Å². The first kappa shape index (κ1) is 15.1. The van der Waals surface area contributed by atoms with Crippen LogP contribution in [0.3, 0.4) is 0 Å². The number of hydrogen-bond donors (Lipinski definition) is 2. The molecular weight excluding hydrogens is 246 g/mol. The van der Waals surface area contributed by atoms with E-state index in [4.69, 9.17) is 5.73 Å². The zero-order valence-corrected chi connectivity index (χ0v) is 11.3. The monoisotopic (exact) mass is 265 g/mol. The Balaban J connectivity index is 2.84. The summed E-state index contributed by atoms with van der Waals surface area (Å²) in [4.78, 5) is 22.1. The van der Waals surface area contributed by atoms with Gasteiger partial charge in [0.25, 0.3) is 5.69 Å². The number of aryl methyl sites for hydroxylation is 1. The molecule has 0 saturated heterocycles. The van der Waals surface area contributed by atoms with Crippen LogP contribution >= 0.6 is 0 Å². The third-order valence-corrected chi connectivity index (χ3v) is 2.75. The molecule has 19 heavy (non-hydrogen) atoms. The molecule has 0 aliphatic heterocycles. The SMILES string of the molecule is Cc1ccc([N+](=O)[O-])cc1NC(=O)[C@@H](N)CC(C)C. The van der Waals surface area contributed by atoms with Crippen LogP contribution in [-0.4, -0.2) is 16.9 Å². The predicted octanol–water partition coefficient (Wildman–Crippen LogP) is 2.22. The van der Waals surface area contributed by atoms with E-state index in [1.807, 2.05) is 13.8 Å². The van der Waals surface area contributed by atoms with Crippen molar-refractivity contribution >= 4 is 17.3 Å². The minimum Gasteiger partial charge on any atom is -0.324 e. The molecule has 0 spiro atoms. The van der Waals surface area contributed by atoms with E-state index in [0.717, 1.165) is 5.56 Å². The van der Waals surface area contributed by atoms with Crippen LogP contribution in [0.4, 0.5) is 11.4 Å². The number of carbonyl (C=O) groups excluding carboxylic acids is 1. The number of nitro benzene ring substituents is 1. The van der Waals surface area contributed by atoms with Crippen LogP contribution < -0.4 is 11.1 Å². The van der Waals surface area contributed by atoms with Crippen molar-refractivity contribution in [1.82, 2.24) is 0 Å². The summed E-state index contributed by atoms with van der Waals surface area (Å²) in [6, 6.07) is 3.73. The summed E-state index contributed by atoms with van der Waals surface area (Å²) in [6.07, 6.45) is 0.569. The Morgan fingerprint density at radius 3 is 2.63 bits per heavy atom. The minimum atomic E-state index is -0.612. The highest BCUT2D eigenvalue weighted by molar-refractivity contribution is 5.95. The van der Waals surface area contributed by atoms with E-state index in [9.17, 15) is 14.9 Å². The van der Waals surface area contributed by atoms with Crippen molar-refractivity contribution in [3.63, 3.8) is 0 Å². The van der Waals surface area contributed by atoms with Crippen LogP contribution in [0, 0.1) is 23.0 Å². The summed E-state index contributed by atoms with van der Waals surface area (Å²) in [5, 5.41) is 13.3. The molecule has 104 valence electrons. The normalized spacial score (nSPS) is 12.3. The first-order valence-corrected chi connectivity index (χ1v) is 6.12. The van der Waals surface area contributed by atoms with Crippen LogP contribution in [0.1, 0.15) is 25.8 Å². The summed E-state index contributed by atoms with van der Waals surface area (Å²) >= 11 is 0. The number of nitrogens with one attached hydrogen (secondary N) is 1. The van der Waals surface area contributed by atoms with Gasteiger partial charge in [0, 0.05) is 12.1 Å². The third-order valence-electron chi connectivity index (χ3n) is 2.75. The van der Waals surface area contributed by atoms with Crippen molar-refractivity contribution in [2.45, 2.75) is 33.2 Å². The number of anilines is 1. The Labute approximate surface area is 112 Å². The van der Waals surface area contributed by atoms with Gasteiger partial charge in [-0.05, 0) is 24.8 Å². The Morgan fingerprint density at radius 2 is 2.11 bits per heavy atom. The second-order valence-electron chi connectivity index (χ2n) is 4.98. The summed E-state index contributed by atoms with van der Waals surface area (Å²) in [7, 11) is 0. The second-order valence-corrected chi connectivity index (χ2v) is 4.98. The van der Waals surface area contributed by atoms with Gasteiger partial charge in [0.1, 0.15) is 0 Å². The minimum absolute atomic E-state index is 0.0571. The number of nitro groups is 1. The molecule has 0 saturated carbocycles. The lowest BCUT2D eigenvalue weighted by atomic mass is 10.0. The van der Waals surface area contributed by atoms with Gasteiger partial charge in [0.15, 0.2) is 0 Å². The average molecular weight is 265 g/mol. The van der Waals surface area contributed by atoms with Crippen molar-refractivity contribution in [1.29, 1.82) is 0 Å². The molecule has 1 atom stereocenters. The number of rotatable bonds is 5. The molecule has 1 rings (SSSR count). The number of hydrogen-bond acceptors (Lipinski definition) is 4. The molecular formula is C13H19N3O3. The van der Waals surface area contributed by atoms with Crippen LogP contribution in [0.25, 0.3) is 0 Å². The third kappa shape index (κ3) is 4.33. The standard InChI is InChI=1S/C13H19N3O3/c1-8(2)6-11(14)13(17)15-12-7-10(16(18)19)5-4-9(12)3/h4-5,7-8,11H,6,14H2,1-3H3,(H,15,17)/t11-/m0/s1. The average Bonchev–Trinajstić information content (AvgIpc) is 2.30. The van der Waals surface area contributed by atoms with E-state index in [1.54, 1.807) is 13.0 Å². The van der Waals surface area contributed by atoms with Gasteiger partial charge < -0.3 is 11.1 Å². The molecule has 0 radical (unpaired) electrons. The van der Waals surface area contributed by atoms with Crippen molar-refractivity contribution in [3.05, 3.63) is 33.9 Å². The Morgan fingerprint density at radius 1 is 1.47 bits per heavy atom. The molecule has 0 bridgehead atoms. The van der Waals surface area contributed by atoms with Crippen LogP contribution in [0.2, 0.25) is 0 Å². The fraction of sp³-hybridized carbons (Fsp3) is 0.462. The van der Waals surface area contributed by atoms with Gasteiger partial charge in [0.2, 0.25) is 5.91 Å². The van der Waals surface area contributed by atoms with Crippen molar-refractivity contribution < 1.29 is 9.72 Å². The molecule has 3 N–H and O–H groups in total. The fourth-order valence-electron chi connectivity index (χ4n) is 1.70. The van der Waals surface area contributed by atoms with Gasteiger partial charge in [-0.2, -0.15) is 0 Å². The number of nitrogens with zero attached hydrogens (tertiary/aromatic N) is 1. The molecule has 1 aromatic rings. The second kappa shape index (κ2) is 6.29. The van der Waals surface area contributed by atoms with Crippen LogP contribution in [0.15, 0.2) is 18.2 Å². The Hall–Kier alpha value is -1.95. The summed E-state index contributed by atoms with van der Waals surface area (Å²) in [5.74, 6) is -0.00995. The molecule has 1 aromatic carbocycles. The zero-order chi connectivity index (χ0) is 14.6. The van der Waals surface area contributed by atoms with Gasteiger partial charge in [-0.3, -0.25) is 14.9 Å².